The fourth-order valence-corrected chi connectivity index (χ4v) is 5.21. The normalized spacial score (nSPS) is 18.5. The van der Waals surface area contributed by atoms with E-state index in [1.54, 1.807) is 19.9 Å². The van der Waals surface area contributed by atoms with Crippen molar-refractivity contribution in [3.8, 4) is 11.5 Å². The van der Waals surface area contributed by atoms with Crippen molar-refractivity contribution < 1.29 is 28.5 Å². The van der Waals surface area contributed by atoms with Gasteiger partial charge in [-0.05, 0) is 36.8 Å². The number of fused-ring (bicyclic) bond motifs is 5. The Morgan fingerprint density at radius 2 is 1.64 bits per heavy atom. The lowest BCUT2D eigenvalue weighted by atomic mass is 9.86. The minimum absolute atomic E-state index is 0.223. The van der Waals surface area contributed by atoms with Crippen molar-refractivity contribution >= 4 is 44.5 Å². The van der Waals surface area contributed by atoms with E-state index in [1.807, 2.05) is 48.0 Å². The molecule has 3 aromatic carbocycles. The van der Waals surface area contributed by atoms with Gasteiger partial charge in [0.1, 0.15) is 17.1 Å². The molecule has 0 saturated heterocycles. The van der Waals surface area contributed by atoms with Crippen LogP contribution in [0.1, 0.15) is 39.4 Å². The summed E-state index contributed by atoms with van der Waals surface area (Å²) in [5.74, 6) is -0.376. The highest BCUT2D eigenvalue weighted by molar-refractivity contribution is 6.04. The second-order valence-corrected chi connectivity index (χ2v) is 9.58. The molecular formula is C28H27NO7. The highest BCUT2D eigenvalue weighted by atomic mass is 16.6. The number of methoxy groups -OCH3 is 1. The Morgan fingerprint density at radius 3 is 2.25 bits per heavy atom. The number of nitrogens with zero attached hydrogens (tertiary/aromatic N) is 1. The highest BCUT2D eigenvalue weighted by Gasteiger charge is 2.50. The topological polar surface area (TPSA) is 93.1 Å². The second-order valence-electron chi connectivity index (χ2n) is 9.58. The van der Waals surface area contributed by atoms with E-state index in [0.717, 1.165) is 10.8 Å². The third-order valence-corrected chi connectivity index (χ3v) is 6.72. The van der Waals surface area contributed by atoms with Gasteiger partial charge in [-0.2, -0.15) is 0 Å². The molecule has 0 unspecified atom stereocenters. The van der Waals surface area contributed by atoms with Gasteiger partial charge in [0, 0.05) is 32.3 Å². The number of pyridine rings is 1. The van der Waals surface area contributed by atoms with Gasteiger partial charge in [0.15, 0.2) is 12.2 Å². The summed E-state index contributed by atoms with van der Waals surface area (Å²) in [7, 11) is 3.33. The number of aryl methyl sites for hydroxylation is 1. The van der Waals surface area contributed by atoms with Gasteiger partial charge < -0.3 is 23.5 Å². The number of hydrogen-bond acceptors (Lipinski definition) is 7. The summed E-state index contributed by atoms with van der Waals surface area (Å²) in [4.78, 5) is 38.2. The quantitative estimate of drug-likeness (QED) is 0.308. The summed E-state index contributed by atoms with van der Waals surface area (Å²) in [5.41, 5.74) is 0.358. The molecule has 0 radical (unpaired) electrons. The maximum absolute atomic E-state index is 13.9. The lowest BCUT2D eigenvalue weighted by molar-refractivity contribution is -0.187. The van der Waals surface area contributed by atoms with Gasteiger partial charge in [0.2, 0.25) is 5.43 Å². The van der Waals surface area contributed by atoms with E-state index in [0.29, 0.717) is 38.9 Å². The van der Waals surface area contributed by atoms with Crippen LogP contribution in [0.4, 0.5) is 0 Å². The first-order valence-corrected chi connectivity index (χ1v) is 11.6. The first-order chi connectivity index (χ1) is 17.0. The zero-order valence-corrected chi connectivity index (χ0v) is 21.0. The molecule has 2 heterocycles. The average molecular weight is 490 g/mol. The van der Waals surface area contributed by atoms with Gasteiger partial charge in [0.25, 0.3) is 0 Å². The molecule has 1 aliphatic heterocycles. The maximum Gasteiger partial charge on any atom is 0.303 e. The SMILES string of the molecule is COc1cc2c(c3c1c(=O)c1cc4ccccc4cc1n3C)[C@H](OC(C)=O)[C@H](OC(C)=O)C(C)(C)O2. The second kappa shape index (κ2) is 8.26. The molecule has 4 aromatic rings. The molecule has 1 aliphatic rings. The van der Waals surface area contributed by atoms with Crippen LogP contribution < -0.4 is 14.9 Å². The summed E-state index contributed by atoms with van der Waals surface area (Å²) in [6.07, 6.45) is -1.97. The van der Waals surface area contributed by atoms with E-state index < -0.39 is 29.7 Å². The summed E-state index contributed by atoms with van der Waals surface area (Å²) < 4.78 is 25.3. The van der Waals surface area contributed by atoms with E-state index >= 15 is 0 Å². The Kier molecular flexibility index (Phi) is 5.43. The number of esters is 2. The van der Waals surface area contributed by atoms with Crippen LogP contribution in [-0.4, -0.2) is 35.3 Å². The van der Waals surface area contributed by atoms with Crippen LogP contribution in [0, 0.1) is 0 Å². The number of ether oxygens (including phenoxy) is 4. The first-order valence-electron chi connectivity index (χ1n) is 11.6. The summed E-state index contributed by atoms with van der Waals surface area (Å²) in [6, 6.07) is 13.3. The van der Waals surface area contributed by atoms with E-state index in [9.17, 15) is 14.4 Å². The largest absolute Gasteiger partial charge is 0.496 e. The van der Waals surface area contributed by atoms with Crippen LogP contribution in [0.15, 0.2) is 47.3 Å². The number of benzene rings is 3. The maximum atomic E-state index is 13.9. The first kappa shape index (κ1) is 23.7. The molecule has 1 aromatic heterocycles. The molecule has 186 valence electrons. The van der Waals surface area contributed by atoms with Crippen LogP contribution in [0.25, 0.3) is 32.6 Å². The van der Waals surface area contributed by atoms with Crippen molar-refractivity contribution in [3.63, 3.8) is 0 Å². The third-order valence-electron chi connectivity index (χ3n) is 6.72. The Balaban J connectivity index is 1.96. The number of hydrogen-bond donors (Lipinski definition) is 0. The smallest absolute Gasteiger partial charge is 0.303 e. The summed E-state index contributed by atoms with van der Waals surface area (Å²) in [6.45, 7) is 6.08. The number of carbonyl (C=O) groups is 2. The van der Waals surface area contributed by atoms with Gasteiger partial charge in [0.05, 0.1) is 29.1 Å². The van der Waals surface area contributed by atoms with Gasteiger partial charge in [-0.3, -0.25) is 14.4 Å². The lowest BCUT2D eigenvalue weighted by Crippen LogP contribution is -2.52. The van der Waals surface area contributed by atoms with E-state index in [4.69, 9.17) is 18.9 Å². The molecule has 0 fully saturated rings. The van der Waals surface area contributed by atoms with Crippen LogP contribution in [0.2, 0.25) is 0 Å². The number of carbonyl (C=O) groups excluding carboxylic acids is 2. The molecule has 0 amide bonds. The standard InChI is InChI=1S/C28H27NO7/c1-14(30)34-26-23-21(36-28(3,4)27(26)35-15(2)31)13-20(33-6)22-24(23)29(5)19-12-17-10-8-7-9-16(17)11-18(19)25(22)32/h7-13,26-27H,1-6H3/t26-,27-/m0/s1. The summed E-state index contributed by atoms with van der Waals surface area (Å²) in [5, 5.41) is 2.77. The predicted octanol–water partition coefficient (Wildman–Crippen LogP) is 4.56. The molecule has 2 atom stereocenters. The van der Waals surface area contributed by atoms with E-state index in [-0.39, 0.29) is 5.43 Å². The van der Waals surface area contributed by atoms with Gasteiger partial charge in [-0.15, -0.1) is 0 Å². The fraction of sp³-hybridized carbons (Fsp3) is 0.321. The minimum Gasteiger partial charge on any atom is -0.496 e. The van der Waals surface area contributed by atoms with Crippen molar-refractivity contribution in [2.45, 2.75) is 45.5 Å². The Bertz CT molecular complexity index is 1630. The average Bonchev–Trinajstić information content (AvgIpc) is 2.82. The molecule has 8 heteroatoms. The monoisotopic (exact) mass is 489 g/mol. The molecule has 0 saturated carbocycles. The Hall–Kier alpha value is -4.07. The van der Waals surface area contributed by atoms with E-state index in [1.165, 1.54) is 21.0 Å². The molecule has 0 spiro atoms. The molecule has 5 rings (SSSR count). The summed E-state index contributed by atoms with van der Waals surface area (Å²) >= 11 is 0. The van der Waals surface area contributed by atoms with Crippen LogP contribution in [0.5, 0.6) is 11.5 Å². The van der Waals surface area contributed by atoms with Gasteiger partial charge in [-0.25, -0.2) is 0 Å². The highest BCUT2D eigenvalue weighted by Crippen LogP contribution is 2.49. The molecule has 0 bridgehead atoms. The Morgan fingerprint density at radius 1 is 1.00 bits per heavy atom. The third kappa shape index (κ3) is 3.56. The fourth-order valence-electron chi connectivity index (χ4n) is 5.21. The molecule has 36 heavy (non-hydrogen) atoms. The van der Waals surface area contributed by atoms with Crippen molar-refractivity contribution in [1.82, 2.24) is 4.57 Å². The molecule has 8 nitrogen and oxygen atoms in total. The van der Waals surface area contributed by atoms with Crippen LogP contribution in [-0.2, 0) is 26.1 Å². The zero-order valence-electron chi connectivity index (χ0n) is 21.0. The van der Waals surface area contributed by atoms with Gasteiger partial charge in [-0.1, -0.05) is 24.3 Å². The molecular weight excluding hydrogens is 462 g/mol. The van der Waals surface area contributed by atoms with Crippen LogP contribution in [0.3, 0.4) is 0 Å². The predicted molar refractivity (Wildman–Crippen MR) is 136 cm³/mol. The van der Waals surface area contributed by atoms with Gasteiger partial charge >= 0.3 is 11.9 Å². The van der Waals surface area contributed by atoms with Crippen LogP contribution >= 0.6 is 0 Å². The van der Waals surface area contributed by atoms with Crippen molar-refractivity contribution in [2.24, 2.45) is 7.05 Å². The zero-order chi connectivity index (χ0) is 25.9. The van der Waals surface area contributed by atoms with Crippen molar-refractivity contribution in [1.29, 1.82) is 0 Å². The number of aromatic nitrogens is 1. The molecule has 0 aliphatic carbocycles. The van der Waals surface area contributed by atoms with Crippen molar-refractivity contribution in [2.75, 3.05) is 7.11 Å². The minimum atomic E-state index is -1.04. The molecule has 0 N–H and O–H groups in total. The number of rotatable bonds is 3. The Labute approximate surface area is 207 Å². The lowest BCUT2D eigenvalue weighted by Gasteiger charge is -2.43. The van der Waals surface area contributed by atoms with Crippen molar-refractivity contribution in [3.05, 3.63) is 58.3 Å². The van der Waals surface area contributed by atoms with E-state index in [2.05, 4.69) is 0 Å².